The standard InChI is InChI=1S/C76H117N25O18/c1-38(2)57(98-65(110)51(89-42(8)105)30-43-18-10-9-11-19-43)69(114)91-50(24-16-28-86-76(81)82)62(107)97-58(39(3)4)70(115)94-53(32-45-34-83-37-88-45)66(111)100-60(41(7)104)71(116)92-48(22-14-26-84-74(77)78)61(106)95-55(36-103)68(113)96-54(35-102)67(112)93-52(31-44-33-87-47-21-13-12-20-46(44)47)64(109)90-49(23-15-27-85-75(79)80)63(108)99-59(40(5)6)72(117)101-29-17-25-56(101)73(118)119/h9-13,18-21,33-34,37-41,48-60,87,102-104H,14-17,22-32,35-36H2,1-8H3,(H,83,88)(H,89,105)(H,90,109)(H,91,114)(H,92,116)(H,93,112)(H,94,115)(H,95,106)(H,96,113)(H,97,107)(H,98,110)(H,99,108)(H,100,111)(H,118,119)(H4,77,78,84)(H4,79,80,85)(H4,81,82,86)/t41-,48+,49+,50+,51+,52+,53+,54+,55+,56+,57+,58+,59+,60+/m1/s1. The second kappa shape index (κ2) is 48.2. The molecule has 43 heteroatoms. The summed E-state index contributed by atoms with van der Waals surface area (Å²) in [4.78, 5) is 208. The van der Waals surface area contributed by atoms with Gasteiger partial charge >= 0.3 is 5.97 Å². The summed E-state index contributed by atoms with van der Waals surface area (Å²) in [5, 5.41) is 104. The lowest BCUT2D eigenvalue weighted by atomic mass is 9.99. The number of aliphatic hydroxyl groups excluding tert-OH is 3. The van der Waals surface area contributed by atoms with Crippen LogP contribution in [0.25, 0.3) is 10.9 Å². The average molecular weight is 1670 g/mol. The highest BCUT2D eigenvalue weighted by Gasteiger charge is 2.42. The molecule has 1 fully saturated rings. The molecular weight excluding hydrogens is 1550 g/mol. The van der Waals surface area contributed by atoms with Gasteiger partial charge in [-0.2, -0.15) is 0 Å². The van der Waals surface area contributed by atoms with Crippen molar-refractivity contribution in [1.29, 1.82) is 16.2 Å². The van der Waals surface area contributed by atoms with Crippen LogP contribution < -0.4 is 97.0 Å². The van der Waals surface area contributed by atoms with Gasteiger partial charge < -0.3 is 132 Å². The Balaban J connectivity index is 1.36. The Morgan fingerprint density at radius 2 is 0.866 bits per heavy atom. The summed E-state index contributed by atoms with van der Waals surface area (Å²) in [6.45, 7) is 9.77. The summed E-state index contributed by atoms with van der Waals surface area (Å²) in [7, 11) is 0. The van der Waals surface area contributed by atoms with Crippen molar-refractivity contribution in [2.75, 3.05) is 39.4 Å². The molecule has 5 rings (SSSR count). The summed E-state index contributed by atoms with van der Waals surface area (Å²) in [6, 6.07) is -4.35. The lowest BCUT2D eigenvalue weighted by Gasteiger charge is -2.31. The van der Waals surface area contributed by atoms with Crippen molar-refractivity contribution in [2.24, 2.45) is 35.0 Å². The monoisotopic (exact) mass is 1670 g/mol. The van der Waals surface area contributed by atoms with Crippen LogP contribution in [0.2, 0.25) is 0 Å². The highest BCUT2D eigenvalue weighted by molar-refractivity contribution is 6.01. The molecule has 4 aromatic rings. The lowest BCUT2D eigenvalue weighted by Crippen LogP contribution is -2.63. The van der Waals surface area contributed by atoms with Crippen LogP contribution in [0.15, 0.2) is 73.3 Å². The molecule has 1 aliphatic heterocycles. The largest absolute Gasteiger partial charge is 0.480 e. The maximum atomic E-state index is 14.8. The van der Waals surface area contributed by atoms with Crippen molar-refractivity contribution < 1.29 is 87.5 Å². The van der Waals surface area contributed by atoms with Crippen LogP contribution in [0.5, 0.6) is 0 Å². The predicted molar refractivity (Wildman–Crippen MR) is 433 cm³/mol. The SMILES string of the molecule is CC(=O)N[C@@H](Cc1ccccc1)C(=O)N[C@H](C(=O)N[C@@H](CCCNC(=N)N)C(=O)N[C@H](C(=O)N[C@@H](Cc1cnc[nH]1)C(=O)N[C@H](C(=O)N[C@@H](CCCNC(=N)N)C(=O)N[C@@H](CO)C(=O)N[C@@H](CO)C(=O)N[C@@H](Cc1c[nH]c2ccccc12)C(=O)N[C@@H](CCCNC(=N)N)C(=O)N[C@H](C(=O)N1CCC[C@H]1C(=O)O)C(C)C)[C@@H](C)O)C(C)C)C(C)C. The number of aliphatic carboxylic acids is 1. The van der Waals surface area contributed by atoms with Gasteiger partial charge in [-0.15, -0.1) is 0 Å². The van der Waals surface area contributed by atoms with E-state index in [1.807, 2.05) is 0 Å². The van der Waals surface area contributed by atoms with Crippen LogP contribution in [0.3, 0.4) is 0 Å². The number of nitrogens with zero attached hydrogens (tertiary/aromatic N) is 2. The number of aliphatic hydroxyl groups is 3. The van der Waals surface area contributed by atoms with E-state index in [-0.39, 0.29) is 102 Å². The van der Waals surface area contributed by atoms with Crippen LogP contribution >= 0.6 is 0 Å². The minimum Gasteiger partial charge on any atom is -0.480 e. The molecule has 14 atom stereocenters. The highest BCUT2D eigenvalue weighted by Crippen LogP contribution is 2.23. The first kappa shape index (κ1) is 97.0. The van der Waals surface area contributed by atoms with Crippen molar-refractivity contribution in [2.45, 2.75) is 211 Å². The molecule has 13 amide bonds. The number of H-pyrrole nitrogens is 2. The van der Waals surface area contributed by atoms with Crippen LogP contribution in [-0.4, -0.2) is 265 Å². The first-order valence-corrected chi connectivity index (χ1v) is 39.2. The number of guanidine groups is 3. The first-order chi connectivity index (χ1) is 56.3. The number of nitrogens with two attached hydrogens (primary N) is 3. The smallest absolute Gasteiger partial charge is 0.326 e. The fraction of sp³-hybridized carbons (Fsp3) is 0.553. The molecule has 0 aliphatic carbocycles. The number of carbonyl (C=O) groups excluding carboxylic acids is 13. The molecule has 2 aromatic heterocycles. The van der Waals surface area contributed by atoms with Gasteiger partial charge in [-0.3, -0.25) is 78.6 Å². The fourth-order valence-electron chi connectivity index (χ4n) is 13.0. The number of rotatable bonds is 49. The number of benzene rings is 2. The summed E-state index contributed by atoms with van der Waals surface area (Å²) in [5.74, 6) is -16.9. The number of aromatic nitrogens is 3. The van der Waals surface area contributed by atoms with Crippen molar-refractivity contribution in [3.05, 3.63) is 90.1 Å². The third kappa shape index (κ3) is 31.4. The number of nitrogens with one attached hydrogen (secondary N) is 20. The van der Waals surface area contributed by atoms with Crippen molar-refractivity contribution in [3.63, 3.8) is 0 Å². The molecule has 2 aromatic carbocycles. The van der Waals surface area contributed by atoms with Gasteiger partial charge in [0.15, 0.2) is 17.9 Å². The number of carboxylic acids is 1. The van der Waals surface area contributed by atoms with Gasteiger partial charge in [-0.1, -0.05) is 90.1 Å². The van der Waals surface area contributed by atoms with E-state index in [1.54, 1.807) is 102 Å². The Hall–Kier alpha value is -12.5. The van der Waals surface area contributed by atoms with Crippen molar-refractivity contribution >= 4 is 112 Å². The number of fused-ring (bicyclic) bond motifs is 1. The number of aromatic amines is 2. The number of imidazole rings is 1. The molecule has 119 heavy (non-hydrogen) atoms. The lowest BCUT2D eigenvalue weighted by molar-refractivity contribution is -0.150. The van der Waals surface area contributed by atoms with E-state index in [9.17, 15) is 87.5 Å². The Morgan fingerprint density at radius 1 is 0.479 bits per heavy atom. The summed E-state index contributed by atoms with van der Waals surface area (Å²) in [6.07, 6.45) is 1.90. The summed E-state index contributed by atoms with van der Waals surface area (Å²) in [5.41, 5.74) is 18.6. The van der Waals surface area contributed by atoms with Gasteiger partial charge in [0.05, 0.1) is 25.6 Å². The second-order valence-electron chi connectivity index (χ2n) is 30.0. The number of para-hydroxylation sites is 1. The number of hydrogen-bond donors (Lipinski definition) is 27. The van der Waals surface area contributed by atoms with Gasteiger partial charge in [-0.25, -0.2) is 9.78 Å². The second-order valence-corrected chi connectivity index (χ2v) is 30.0. The van der Waals surface area contributed by atoms with Crippen LogP contribution in [0, 0.1) is 34.0 Å². The van der Waals surface area contributed by atoms with Crippen LogP contribution in [0.1, 0.15) is 124 Å². The third-order valence-electron chi connectivity index (χ3n) is 19.4. The Bertz CT molecular complexity index is 4140. The minimum absolute atomic E-state index is 0.0399. The Labute approximate surface area is 687 Å². The average Bonchev–Trinajstić information content (AvgIpc) is 1.73. The number of carboxylic acid groups (broad SMARTS) is 1. The molecule has 43 nitrogen and oxygen atoms in total. The van der Waals surface area contributed by atoms with Gasteiger partial charge in [0.2, 0.25) is 76.8 Å². The van der Waals surface area contributed by atoms with Gasteiger partial charge in [0.1, 0.15) is 78.5 Å². The maximum absolute atomic E-state index is 14.8. The summed E-state index contributed by atoms with van der Waals surface area (Å²) < 4.78 is 0. The van der Waals surface area contributed by atoms with Crippen molar-refractivity contribution in [1.82, 2.24) is 99.6 Å². The number of amides is 13. The molecule has 654 valence electrons. The molecule has 1 saturated heterocycles. The van der Waals surface area contributed by atoms with E-state index in [0.29, 0.717) is 28.5 Å². The van der Waals surface area contributed by atoms with Crippen LogP contribution in [0.4, 0.5) is 0 Å². The van der Waals surface area contributed by atoms with E-state index in [1.165, 1.54) is 24.3 Å². The van der Waals surface area contributed by atoms with Crippen LogP contribution in [-0.2, 0) is 86.4 Å². The van der Waals surface area contributed by atoms with Gasteiger partial charge in [0, 0.05) is 81.4 Å². The number of carbonyl (C=O) groups is 14. The molecule has 3 heterocycles. The van der Waals surface area contributed by atoms with E-state index >= 15 is 0 Å². The van der Waals surface area contributed by atoms with E-state index in [4.69, 9.17) is 33.4 Å². The number of hydrogen-bond acceptors (Lipinski definition) is 21. The highest BCUT2D eigenvalue weighted by atomic mass is 16.4. The topological polar surface area (TPSA) is 698 Å². The zero-order chi connectivity index (χ0) is 88.3. The Kier molecular flexibility index (Phi) is 39.3. The Morgan fingerprint density at radius 3 is 1.31 bits per heavy atom. The van der Waals surface area contributed by atoms with Gasteiger partial charge in [0.25, 0.3) is 0 Å². The zero-order valence-electron chi connectivity index (χ0n) is 67.9. The molecular formula is C76H117N25O18. The molecule has 0 spiro atoms. The predicted octanol–water partition coefficient (Wildman–Crippen LogP) is -6.04. The number of likely N-dealkylation sites (tertiary alicyclic amines) is 1. The first-order valence-electron chi connectivity index (χ1n) is 39.2. The fourth-order valence-corrected chi connectivity index (χ4v) is 13.0. The molecule has 0 saturated carbocycles. The maximum Gasteiger partial charge on any atom is 0.326 e. The zero-order valence-corrected chi connectivity index (χ0v) is 67.9. The van der Waals surface area contributed by atoms with E-state index in [2.05, 4.69) is 94.7 Å². The van der Waals surface area contributed by atoms with Gasteiger partial charge in [-0.05, 0) is 93.2 Å². The van der Waals surface area contributed by atoms with E-state index in [0.717, 1.165) is 6.92 Å². The summed E-state index contributed by atoms with van der Waals surface area (Å²) >= 11 is 0. The molecule has 30 N–H and O–H groups in total. The van der Waals surface area contributed by atoms with Crippen molar-refractivity contribution in [3.8, 4) is 0 Å². The quantitative estimate of drug-likeness (QED) is 0.0111. The molecule has 1 aliphatic rings. The minimum atomic E-state index is -1.99. The molecule has 0 radical (unpaired) electrons. The third-order valence-corrected chi connectivity index (χ3v) is 19.4. The molecule has 0 unspecified atom stereocenters. The molecule has 0 bridgehead atoms. The van der Waals surface area contributed by atoms with E-state index < -0.39 is 210 Å². The normalized spacial score (nSPS) is 15.8.